The van der Waals surface area contributed by atoms with E-state index in [1.807, 2.05) is 0 Å². The summed E-state index contributed by atoms with van der Waals surface area (Å²) in [5, 5.41) is 3.60. The molecule has 1 unspecified atom stereocenters. The van der Waals surface area contributed by atoms with E-state index in [1.54, 1.807) is 0 Å². The molecule has 5 aliphatic rings. The fraction of sp³-hybridized carbons (Fsp3) is 0.212. The lowest BCUT2D eigenvalue weighted by molar-refractivity contribution is 0.719. The molecule has 1 heteroatoms. The molecule has 1 aliphatic heterocycles. The highest BCUT2D eigenvalue weighted by Crippen LogP contribution is 2.35. The molecule has 9 rings (SSSR count). The SMILES string of the molecule is Cc1cc(C)cc(C2NC=Cc3cc(-c4cc5ccc4CCc4ccc(cc4)CC5)ccc32)c1. The van der Waals surface area contributed by atoms with Crippen LogP contribution in [-0.4, -0.2) is 0 Å². The Morgan fingerprint density at radius 3 is 2.09 bits per heavy atom. The van der Waals surface area contributed by atoms with Crippen molar-refractivity contribution in [2.24, 2.45) is 0 Å². The van der Waals surface area contributed by atoms with Gasteiger partial charge < -0.3 is 5.32 Å². The maximum atomic E-state index is 3.60. The predicted octanol–water partition coefficient (Wildman–Crippen LogP) is 7.52. The lowest BCUT2D eigenvalue weighted by atomic mass is 9.86. The molecule has 0 saturated carbocycles. The lowest BCUT2D eigenvalue weighted by Crippen LogP contribution is -2.21. The highest BCUT2D eigenvalue weighted by Gasteiger charge is 2.20. The zero-order valence-electron chi connectivity index (χ0n) is 20.1. The number of benzene rings is 4. The van der Waals surface area contributed by atoms with Gasteiger partial charge in [-0.1, -0.05) is 83.9 Å². The Morgan fingerprint density at radius 1 is 0.647 bits per heavy atom. The zero-order chi connectivity index (χ0) is 23.1. The molecule has 0 radical (unpaired) electrons. The van der Waals surface area contributed by atoms with Crippen LogP contribution in [0.2, 0.25) is 0 Å². The third kappa shape index (κ3) is 4.07. The van der Waals surface area contributed by atoms with Gasteiger partial charge in [-0.3, -0.25) is 0 Å². The number of rotatable bonds is 2. The van der Waals surface area contributed by atoms with E-state index in [-0.39, 0.29) is 6.04 Å². The number of hydrogen-bond acceptors (Lipinski definition) is 1. The molecule has 4 bridgehead atoms. The Bertz CT molecular complexity index is 1370. The molecule has 168 valence electrons. The van der Waals surface area contributed by atoms with Crippen molar-refractivity contribution in [3.05, 3.63) is 135 Å². The van der Waals surface area contributed by atoms with E-state index in [1.165, 1.54) is 61.2 Å². The first kappa shape index (κ1) is 21.0. The molecule has 0 fully saturated rings. The van der Waals surface area contributed by atoms with Gasteiger partial charge in [-0.25, -0.2) is 0 Å². The minimum Gasteiger partial charge on any atom is -0.380 e. The van der Waals surface area contributed by atoms with Crippen molar-refractivity contribution in [1.29, 1.82) is 0 Å². The molecule has 1 atom stereocenters. The summed E-state index contributed by atoms with van der Waals surface area (Å²) in [5.74, 6) is 0. The molecule has 34 heavy (non-hydrogen) atoms. The first-order chi connectivity index (χ1) is 16.6. The average Bonchev–Trinajstić information content (AvgIpc) is 2.84. The molecule has 1 N–H and O–H groups in total. The average molecular weight is 442 g/mol. The third-order valence-electron chi connectivity index (χ3n) is 7.39. The van der Waals surface area contributed by atoms with Gasteiger partial charge in [0.2, 0.25) is 0 Å². The monoisotopic (exact) mass is 441 g/mol. The van der Waals surface area contributed by atoms with E-state index < -0.39 is 0 Å². The molecular weight excluding hydrogens is 410 g/mol. The molecular formula is C33H31N. The van der Waals surface area contributed by atoms with Gasteiger partial charge in [-0.15, -0.1) is 0 Å². The standard InChI is InChI=1S/C33H31N/c1-22-17-23(2)19-30(18-22)33-31-14-13-28(21-29(31)15-16-34-33)32-20-26-8-7-24-3-5-25(6-4-24)9-11-27(32)12-10-26/h3-6,10,12-21,33-34H,7-9,11H2,1-2H3. The molecule has 4 aromatic rings. The van der Waals surface area contributed by atoms with E-state index in [4.69, 9.17) is 0 Å². The lowest BCUT2D eigenvalue weighted by Gasteiger charge is -2.26. The van der Waals surface area contributed by atoms with Crippen molar-refractivity contribution in [1.82, 2.24) is 5.32 Å². The first-order valence-corrected chi connectivity index (χ1v) is 12.5. The third-order valence-corrected chi connectivity index (χ3v) is 7.39. The van der Waals surface area contributed by atoms with Crippen molar-refractivity contribution in [3.8, 4) is 11.1 Å². The van der Waals surface area contributed by atoms with Crippen molar-refractivity contribution in [3.63, 3.8) is 0 Å². The zero-order valence-corrected chi connectivity index (χ0v) is 20.1. The van der Waals surface area contributed by atoms with E-state index in [0.29, 0.717) is 0 Å². The molecule has 4 aromatic carbocycles. The molecule has 1 heterocycles. The fourth-order valence-corrected chi connectivity index (χ4v) is 5.63. The minimum atomic E-state index is 0.193. The second-order valence-corrected chi connectivity index (χ2v) is 10.0. The predicted molar refractivity (Wildman–Crippen MR) is 143 cm³/mol. The summed E-state index contributed by atoms with van der Waals surface area (Å²) in [6.07, 6.45) is 8.65. The normalized spacial score (nSPS) is 16.5. The Hall–Kier alpha value is -3.58. The van der Waals surface area contributed by atoms with Gasteiger partial charge in [-0.2, -0.15) is 0 Å². The van der Waals surface area contributed by atoms with Crippen LogP contribution >= 0.6 is 0 Å². The van der Waals surface area contributed by atoms with Gasteiger partial charge in [0.05, 0.1) is 6.04 Å². The number of aryl methyl sites for hydroxylation is 6. The highest BCUT2D eigenvalue weighted by atomic mass is 14.9. The van der Waals surface area contributed by atoms with E-state index in [0.717, 1.165) is 25.7 Å². The number of hydrogen-bond donors (Lipinski definition) is 1. The molecule has 0 amide bonds. The summed E-state index contributed by atoms with van der Waals surface area (Å²) >= 11 is 0. The summed E-state index contributed by atoms with van der Waals surface area (Å²) in [4.78, 5) is 0. The van der Waals surface area contributed by atoms with Crippen LogP contribution in [0, 0.1) is 13.8 Å². The Kier molecular flexibility index (Phi) is 5.34. The van der Waals surface area contributed by atoms with E-state index >= 15 is 0 Å². The summed E-state index contributed by atoms with van der Waals surface area (Å²) in [6, 6.07) is 30.5. The highest BCUT2D eigenvalue weighted by molar-refractivity contribution is 5.73. The van der Waals surface area contributed by atoms with Crippen LogP contribution in [0.15, 0.2) is 85.1 Å². The van der Waals surface area contributed by atoms with Gasteiger partial charge in [0.1, 0.15) is 0 Å². The summed E-state index contributed by atoms with van der Waals surface area (Å²) < 4.78 is 0. The topological polar surface area (TPSA) is 12.0 Å². The minimum absolute atomic E-state index is 0.193. The summed E-state index contributed by atoms with van der Waals surface area (Å²) in [6.45, 7) is 4.36. The van der Waals surface area contributed by atoms with E-state index in [9.17, 15) is 0 Å². The molecule has 0 aromatic heterocycles. The van der Waals surface area contributed by atoms with Crippen LogP contribution in [0.5, 0.6) is 0 Å². The van der Waals surface area contributed by atoms with E-state index in [2.05, 4.69) is 110 Å². The fourth-order valence-electron chi connectivity index (χ4n) is 5.63. The largest absolute Gasteiger partial charge is 0.380 e. The second-order valence-electron chi connectivity index (χ2n) is 10.0. The smallest absolute Gasteiger partial charge is 0.0768 e. The first-order valence-electron chi connectivity index (χ1n) is 12.5. The van der Waals surface area contributed by atoms with Crippen LogP contribution in [0.25, 0.3) is 17.2 Å². The molecule has 1 nitrogen and oxygen atoms in total. The van der Waals surface area contributed by atoms with Gasteiger partial charge >= 0.3 is 0 Å². The van der Waals surface area contributed by atoms with Crippen LogP contribution in [-0.2, 0) is 25.7 Å². The number of nitrogens with one attached hydrogen (secondary N) is 1. The van der Waals surface area contributed by atoms with Crippen LogP contribution < -0.4 is 5.32 Å². The maximum absolute atomic E-state index is 3.60. The molecule has 4 aliphatic carbocycles. The quantitative estimate of drug-likeness (QED) is 0.339. The summed E-state index contributed by atoms with van der Waals surface area (Å²) in [5.41, 5.74) is 15.1. The van der Waals surface area contributed by atoms with Crippen molar-refractivity contribution >= 4 is 6.08 Å². The van der Waals surface area contributed by atoms with Gasteiger partial charge in [-0.05, 0) is 108 Å². The molecule has 0 spiro atoms. The van der Waals surface area contributed by atoms with Crippen molar-refractivity contribution in [2.75, 3.05) is 0 Å². The number of fused-ring (bicyclic) bond motifs is 1. The molecule has 0 saturated heterocycles. The van der Waals surface area contributed by atoms with Crippen molar-refractivity contribution < 1.29 is 0 Å². The van der Waals surface area contributed by atoms with Crippen LogP contribution in [0.4, 0.5) is 0 Å². The Balaban J connectivity index is 1.39. The Morgan fingerprint density at radius 2 is 1.32 bits per heavy atom. The Labute approximate surface area is 203 Å². The van der Waals surface area contributed by atoms with Crippen molar-refractivity contribution in [2.45, 2.75) is 45.6 Å². The second kappa shape index (κ2) is 8.65. The van der Waals surface area contributed by atoms with Gasteiger partial charge in [0, 0.05) is 0 Å². The maximum Gasteiger partial charge on any atom is 0.0768 e. The van der Waals surface area contributed by atoms with Crippen LogP contribution in [0.3, 0.4) is 0 Å². The van der Waals surface area contributed by atoms with Crippen LogP contribution in [0.1, 0.15) is 56.1 Å². The van der Waals surface area contributed by atoms with Gasteiger partial charge in [0.15, 0.2) is 0 Å². The van der Waals surface area contributed by atoms with Gasteiger partial charge in [0.25, 0.3) is 0 Å². The summed E-state index contributed by atoms with van der Waals surface area (Å²) in [7, 11) is 0.